The number of hydrogen-bond acceptors (Lipinski definition) is 5. The van der Waals surface area contributed by atoms with E-state index >= 15 is 0 Å². The van der Waals surface area contributed by atoms with Gasteiger partial charge in [0.1, 0.15) is 6.33 Å². The summed E-state index contributed by atoms with van der Waals surface area (Å²) >= 11 is 1.38. The molecule has 1 N–H and O–H groups in total. The molecule has 1 heterocycles. The Kier molecular flexibility index (Phi) is 6.27. The molecule has 0 saturated heterocycles. The van der Waals surface area contributed by atoms with Gasteiger partial charge in [0, 0.05) is 31.3 Å². The van der Waals surface area contributed by atoms with E-state index in [-0.39, 0.29) is 0 Å². The van der Waals surface area contributed by atoms with Crippen LogP contribution in [0.25, 0.3) is 0 Å². The zero-order valence-electron chi connectivity index (χ0n) is 8.53. The van der Waals surface area contributed by atoms with Gasteiger partial charge in [-0.25, -0.2) is 4.98 Å². The molecule has 4 nitrogen and oxygen atoms in total. The van der Waals surface area contributed by atoms with Crippen molar-refractivity contribution < 1.29 is 4.74 Å². The van der Waals surface area contributed by atoms with Crippen LogP contribution in [0.15, 0.2) is 6.33 Å². The van der Waals surface area contributed by atoms with Gasteiger partial charge in [-0.05, 0) is 12.8 Å². The number of ether oxygens (including phenoxy) is 1. The van der Waals surface area contributed by atoms with E-state index in [9.17, 15) is 0 Å². The molecule has 80 valence electrons. The average molecular weight is 215 g/mol. The van der Waals surface area contributed by atoms with Crippen LogP contribution in [0.5, 0.6) is 0 Å². The molecular weight excluding hydrogens is 198 g/mol. The van der Waals surface area contributed by atoms with E-state index in [1.807, 2.05) is 0 Å². The second kappa shape index (κ2) is 7.70. The lowest BCUT2D eigenvalue weighted by atomic mass is 10.4. The van der Waals surface area contributed by atoms with Gasteiger partial charge < -0.3 is 10.1 Å². The third kappa shape index (κ3) is 5.14. The zero-order chi connectivity index (χ0) is 10.1. The van der Waals surface area contributed by atoms with Crippen LogP contribution in [-0.2, 0) is 4.74 Å². The van der Waals surface area contributed by atoms with Crippen LogP contribution in [0.1, 0.15) is 26.2 Å². The Morgan fingerprint density at radius 3 is 3.00 bits per heavy atom. The van der Waals surface area contributed by atoms with Crippen molar-refractivity contribution in [3.63, 3.8) is 0 Å². The summed E-state index contributed by atoms with van der Waals surface area (Å²) in [6.07, 6.45) is 4.93. The fourth-order valence-electron chi connectivity index (χ4n) is 0.969. The van der Waals surface area contributed by atoms with Gasteiger partial charge in [0.2, 0.25) is 5.13 Å². The van der Waals surface area contributed by atoms with E-state index < -0.39 is 0 Å². The molecule has 0 aliphatic carbocycles. The minimum absolute atomic E-state index is 0.825. The summed E-state index contributed by atoms with van der Waals surface area (Å²) in [4.78, 5) is 4.02. The molecule has 0 radical (unpaired) electrons. The maximum absolute atomic E-state index is 5.42. The standard InChI is InChI=1S/C9H17N3OS/c1-2-3-6-13-7-4-5-10-9-11-8-12-14-9/h8H,2-7H2,1H3,(H,10,11,12). The van der Waals surface area contributed by atoms with Gasteiger partial charge >= 0.3 is 0 Å². The van der Waals surface area contributed by atoms with Crippen LogP contribution < -0.4 is 5.32 Å². The smallest absolute Gasteiger partial charge is 0.202 e. The Bertz CT molecular complexity index is 216. The molecule has 0 unspecified atom stereocenters. The third-order valence-electron chi connectivity index (χ3n) is 1.75. The van der Waals surface area contributed by atoms with Gasteiger partial charge in [0.25, 0.3) is 0 Å². The molecule has 0 atom stereocenters. The summed E-state index contributed by atoms with van der Waals surface area (Å²) in [6, 6.07) is 0. The summed E-state index contributed by atoms with van der Waals surface area (Å²) in [7, 11) is 0. The first-order valence-electron chi connectivity index (χ1n) is 5.01. The maximum atomic E-state index is 5.42. The van der Waals surface area contributed by atoms with Crippen molar-refractivity contribution in [3.05, 3.63) is 6.33 Å². The first-order chi connectivity index (χ1) is 6.93. The molecule has 14 heavy (non-hydrogen) atoms. The maximum Gasteiger partial charge on any atom is 0.202 e. The predicted octanol–water partition coefficient (Wildman–Crippen LogP) is 2.16. The second-order valence-corrected chi connectivity index (χ2v) is 3.77. The summed E-state index contributed by atoms with van der Waals surface area (Å²) < 4.78 is 9.32. The zero-order valence-corrected chi connectivity index (χ0v) is 9.35. The van der Waals surface area contributed by atoms with E-state index in [2.05, 4.69) is 21.6 Å². The van der Waals surface area contributed by atoms with Crippen molar-refractivity contribution in [1.82, 2.24) is 9.36 Å². The third-order valence-corrected chi connectivity index (χ3v) is 2.37. The summed E-state index contributed by atoms with van der Waals surface area (Å²) in [5.41, 5.74) is 0. The molecule has 1 aromatic heterocycles. The Labute approximate surface area is 88.9 Å². The number of rotatable bonds is 8. The van der Waals surface area contributed by atoms with Crippen LogP contribution in [0.3, 0.4) is 0 Å². The number of nitrogens with one attached hydrogen (secondary N) is 1. The number of aromatic nitrogens is 2. The molecule has 0 amide bonds. The lowest BCUT2D eigenvalue weighted by Gasteiger charge is -2.03. The van der Waals surface area contributed by atoms with Crippen LogP contribution in [-0.4, -0.2) is 29.1 Å². The van der Waals surface area contributed by atoms with Crippen molar-refractivity contribution in [2.24, 2.45) is 0 Å². The van der Waals surface area contributed by atoms with Gasteiger partial charge in [-0.15, -0.1) is 0 Å². The minimum atomic E-state index is 0.825. The van der Waals surface area contributed by atoms with Crippen LogP contribution >= 0.6 is 11.5 Å². The SMILES string of the molecule is CCCCOCCCNc1ncns1. The predicted molar refractivity (Wildman–Crippen MR) is 58.7 cm³/mol. The average Bonchev–Trinajstić information content (AvgIpc) is 2.69. The molecule has 0 spiro atoms. The summed E-state index contributed by atoms with van der Waals surface area (Å²) in [5.74, 6) is 0. The molecule has 0 saturated carbocycles. The first-order valence-corrected chi connectivity index (χ1v) is 5.79. The van der Waals surface area contributed by atoms with Crippen molar-refractivity contribution in [2.45, 2.75) is 26.2 Å². The van der Waals surface area contributed by atoms with E-state index in [4.69, 9.17) is 4.74 Å². The van der Waals surface area contributed by atoms with E-state index in [1.165, 1.54) is 18.0 Å². The van der Waals surface area contributed by atoms with E-state index in [0.717, 1.165) is 37.7 Å². The summed E-state index contributed by atoms with van der Waals surface area (Å²) in [6.45, 7) is 4.78. The normalized spacial score (nSPS) is 10.4. The van der Waals surface area contributed by atoms with Crippen molar-refractivity contribution >= 4 is 16.7 Å². The molecule has 1 rings (SSSR count). The number of unbranched alkanes of at least 4 members (excludes halogenated alkanes) is 1. The fraction of sp³-hybridized carbons (Fsp3) is 0.778. The Balaban J connectivity index is 1.85. The van der Waals surface area contributed by atoms with E-state index in [1.54, 1.807) is 6.33 Å². The highest BCUT2D eigenvalue weighted by Gasteiger charge is 1.93. The van der Waals surface area contributed by atoms with Gasteiger partial charge in [-0.1, -0.05) is 13.3 Å². The lowest BCUT2D eigenvalue weighted by molar-refractivity contribution is 0.131. The second-order valence-electron chi connectivity index (χ2n) is 2.99. The van der Waals surface area contributed by atoms with Crippen molar-refractivity contribution in [3.8, 4) is 0 Å². The van der Waals surface area contributed by atoms with Gasteiger partial charge in [0.15, 0.2) is 0 Å². The highest BCUT2D eigenvalue weighted by atomic mass is 32.1. The molecule has 0 aliphatic heterocycles. The molecule has 0 bridgehead atoms. The van der Waals surface area contributed by atoms with Crippen LogP contribution in [0.2, 0.25) is 0 Å². The van der Waals surface area contributed by atoms with Crippen LogP contribution in [0.4, 0.5) is 5.13 Å². The lowest BCUT2D eigenvalue weighted by Crippen LogP contribution is -2.05. The Hall–Kier alpha value is -0.680. The number of nitrogens with zero attached hydrogens (tertiary/aromatic N) is 2. The monoisotopic (exact) mass is 215 g/mol. The largest absolute Gasteiger partial charge is 0.381 e. The topological polar surface area (TPSA) is 47.0 Å². The number of hydrogen-bond donors (Lipinski definition) is 1. The molecular formula is C9H17N3OS. The quantitative estimate of drug-likeness (QED) is 0.675. The van der Waals surface area contributed by atoms with Crippen molar-refractivity contribution in [1.29, 1.82) is 0 Å². The van der Waals surface area contributed by atoms with Gasteiger partial charge in [-0.3, -0.25) is 0 Å². The molecule has 1 aromatic rings. The Morgan fingerprint density at radius 1 is 1.43 bits per heavy atom. The first kappa shape index (κ1) is 11.4. The minimum Gasteiger partial charge on any atom is -0.381 e. The fourth-order valence-corrected chi connectivity index (χ4v) is 1.42. The molecule has 0 aromatic carbocycles. The number of anilines is 1. The van der Waals surface area contributed by atoms with Crippen LogP contribution in [0, 0.1) is 0 Å². The molecule has 0 fully saturated rings. The molecule has 0 aliphatic rings. The van der Waals surface area contributed by atoms with E-state index in [0.29, 0.717) is 0 Å². The summed E-state index contributed by atoms with van der Waals surface area (Å²) in [5, 5.41) is 4.07. The van der Waals surface area contributed by atoms with Gasteiger partial charge in [-0.2, -0.15) is 4.37 Å². The highest BCUT2D eigenvalue weighted by Crippen LogP contribution is 2.05. The molecule has 5 heteroatoms. The Morgan fingerprint density at radius 2 is 2.29 bits per heavy atom. The van der Waals surface area contributed by atoms with Gasteiger partial charge in [0.05, 0.1) is 0 Å². The van der Waals surface area contributed by atoms with Crippen molar-refractivity contribution in [2.75, 3.05) is 25.1 Å². The highest BCUT2D eigenvalue weighted by molar-refractivity contribution is 7.09.